The van der Waals surface area contributed by atoms with E-state index in [0.29, 0.717) is 23.4 Å². The number of nitrogens with zero attached hydrogens (tertiary/aromatic N) is 7. The predicted molar refractivity (Wildman–Crippen MR) is 152 cm³/mol. The molecule has 45 heavy (non-hydrogen) atoms. The predicted octanol–water partition coefficient (Wildman–Crippen LogP) is -0.463. The quantitative estimate of drug-likeness (QED) is 0.179. The molecule has 0 aliphatic carbocycles. The number of rotatable bonds is 7. The number of hydrogen-bond acceptors (Lipinski definition) is 11. The Morgan fingerprint density at radius 3 is 2.13 bits per heavy atom. The monoisotopic (exact) mass is 626 g/mol. The maximum absolute atomic E-state index is 13.8. The summed E-state index contributed by atoms with van der Waals surface area (Å²) in [5.41, 5.74) is 1.59. The van der Waals surface area contributed by atoms with E-state index in [2.05, 4.69) is 25.9 Å². The van der Waals surface area contributed by atoms with Crippen molar-refractivity contribution in [1.82, 2.24) is 40.2 Å². The number of aliphatic hydroxyl groups excluding tert-OH is 4. The first kappa shape index (κ1) is 30.8. The van der Waals surface area contributed by atoms with Crippen LogP contribution < -0.4 is 5.32 Å². The molecule has 5 unspecified atom stereocenters. The van der Waals surface area contributed by atoms with E-state index in [1.165, 1.54) is 53.2 Å². The molecular formula is C29H32F2N8O6. The summed E-state index contributed by atoms with van der Waals surface area (Å²) in [6.07, 6.45) is -4.10. The molecule has 4 heterocycles. The molecular weight excluding hydrogens is 594 g/mol. The van der Waals surface area contributed by atoms with Crippen molar-refractivity contribution in [2.24, 2.45) is 0 Å². The van der Waals surface area contributed by atoms with Gasteiger partial charge in [0.2, 0.25) is 0 Å². The van der Waals surface area contributed by atoms with Crippen molar-refractivity contribution in [1.29, 1.82) is 0 Å². The third-order valence-electron chi connectivity index (χ3n) is 8.38. The summed E-state index contributed by atoms with van der Waals surface area (Å²) in [7, 11) is 1.45. The molecule has 16 heteroatoms. The van der Waals surface area contributed by atoms with Crippen LogP contribution in [0, 0.1) is 11.6 Å². The molecule has 8 atom stereocenters. The summed E-state index contributed by atoms with van der Waals surface area (Å²) in [5.74, 6) is -1.63. The SMILES string of the molecule is CN(C(=O)C1OC(CO)C(O)C(n2cc(-c3cccc(F)c3)nn2)C1O)[C@H]1CNC[C@@H](n2cc(-c3cccc(F)c3)nn2)[C@@H]1O. The number of likely N-dealkylation sites (N-methyl/N-ethyl adjacent to an activating group) is 1. The Kier molecular flexibility index (Phi) is 8.67. The van der Waals surface area contributed by atoms with Crippen molar-refractivity contribution in [3.05, 3.63) is 72.6 Å². The van der Waals surface area contributed by atoms with Crippen LogP contribution in [0.1, 0.15) is 12.1 Å². The molecule has 2 aliphatic rings. The van der Waals surface area contributed by atoms with Gasteiger partial charge >= 0.3 is 0 Å². The average molecular weight is 627 g/mol. The molecule has 2 aliphatic heterocycles. The lowest BCUT2D eigenvalue weighted by Gasteiger charge is -2.45. The van der Waals surface area contributed by atoms with Crippen LogP contribution in [0.15, 0.2) is 60.9 Å². The van der Waals surface area contributed by atoms with Gasteiger partial charge in [0, 0.05) is 31.3 Å². The molecule has 0 bridgehead atoms. The van der Waals surface area contributed by atoms with Crippen LogP contribution in [0.4, 0.5) is 8.78 Å². The van der Waals surface area contributed by atoms with Gasteiger partial charge in [-0.25, -0.2) is 18.1 Å². The van der Waals surface area contributed by atoms with Gasteiger partial charge in [-0.3, -0.25) is 4.79 Å². The van der Waals surface area contributed by atoms with Gasteiger partial charge in [-0.1, -0.05) is 34.7 Å². The lowest BCUT2D eigenvalue weighted by Crippen LogP contribution is -2.64. The first-order valence-corrected chi connectivity index (χ1v) is 14.3. The largest absolute Gasteiger partial charge is 0.394 e. The standard InChI is InChI=1S/C29H32F2N8O6/c1-37(21-10-32-11-22(25(21)41)38-12-19(33-35-38)15-4-2-6-17(30)8-15)29(44)28-27(43)24(26(42)23(14-40)45-28)39-13-20(34-36-39)16-5-3-7-18(31)9-16/h2-9,12-13,21-28,32,40-43H,10-11,14H2,1H3/t21-,22+,23?,24?,25+,26?,27?,28?/m0/s1. The number of piperidine rings is 1. The van der Waals surface area contributed by atoms with E-state index < -0.39 is 72.8 Å². The number of aliphatic hydroxyl groups is 4. The van der Waals surface area contributed by atoms with Gasteiger partial charge in [0.1, 0.15) is 47.4 Å². The lowest BCUT2D eigenvalue weighted by molar-refractivity contribution is -0.213. The van der Waals surface area contributed by atoms with E-state index in [9.17, 15) is 34.0 Å². The number of carbonyl (C=O) groups excluding carboxylic acids is 1. The van der Waals surface area contributed by atoms with E-state index in [0.717, 1.165) is 4.68 Å². The van der Waals surface area contributed by atoms with Crippen molar-refractivity contribution < 1.29 is 38.7 Å². The summed E-state index contributed by atoms with van der Waals surface area (Å²) in [6, 6.07) is 8.79. The second kappa shape index (κ2) is 12.7. The van der Waals surface area contributed by atoms with Gasteiger partial charge in [-0.05, 0) is 24.3 Å². The number of benzene rings is 2. The minimum Gasteiger partial charge on any atom is -0.394 e. The Morgan fingerprint density at radius 1 is 0.933 bits per heavy atom. The van der Waals surface area contributed by atoms with Crippen LogP contribution in [-0.4, -0.2) is 125 Å². The van der Waals surface area contributed by atoms with Crippen molar-refractivity contribution >= 4 is 5.91 Å². The molecule has 2 saturated heterocycles. The zero-order valence-electron chi connectivity index (χ0n) is 24.0. The average Bonchev–Trinajstić information content (AvgIpc) is 3.72. The van der Waals surface area contributed by atoms with E-state index in [-0.39, 0.29) is 12.2 Å². The van der Waals surface area contributed by atoms with Crippen molar-refractivity contribution in [2.75, 3.05) is 26.7 Å². The summed E-state index contributed by atoms with van der Waals surface area (Å²) in [5, 5.41) is 63.1. The first-order chi connectivity index (χ1) is 21.7. The molecule has 238 valence electrons. The third kappa shape index (κ3) is 5.95. The number of aromatic nitrogens is 6. The van der Waals surface area contributed by atoms with Crippen LogP contribution in [0.3, 0.4) is 0 Å². The molecule has 1 amide bonds. The zero-order valence-corrected chi connectivity index (χ0v) is 24.0. The number of ether oxygens (including phenoxy) is 1. The van der Waals surface area contributed by atoms with E-state index in [1.807, 2.05) is 0 Å². The number of carbonyl (C=O) groups is 1. The molecule has 2 aromatic heterocycles. The Hall–Kier alpha value is -4.19. The van der Waals surface area contributed by atoms with E-state index in [4.69, 9.17) is 4.74 Å². The normalized spacial score (nSPS) is 28.6. The first-order valence-electron chi connectivity index (χ1n) is 14.3. The molecule has 6 rings (SSSR count). The molecule has 4 aromatic rings. The summed E-state index contributed by atoms with van der Waals surface area (Å²) >= 11 is 0. The van der Waals surface area contributed by atoms with Crippen LogP contribution in [0.5, 0.6) is 0 Å². The molecule has 2 aromatic carbocycles. The molecule has 2 fully saturated rings. The van der Waals surface area contributed by atoms with E-state index >= 15 is 0 Å². The Morgan fingerprint density at radius 2 is 1.53 bits per heavy atom. The Labute approximate surface area is 255 Å². The van der Waals surface area contributed by atoms with Crippen LogP contribution in [0.25, 0.3) is 22.5 Å². The highest BCUT2D eigenvalue weighted by atomic mass is 19.1. The van der Waals surface area contributed by atoms with Gasteiger partial charge in [-0.15, -0.1) is 10.2 Å². The highest BCUT2D eigenvalue weighted by molar-refractivity contribution is 5.82. The fraction of sp³-hybridized carbons (Fsp3) is 0.414. The van der Waals surface area contributed by atoms with Gasteiger partial charge in [-0.2, -0.15) is 0 Å². The Balaban J connectivity index is 1.21. The van der Waals surface area contributed by atoms with Crippen LogP contribution in [-0.2, 0) is 9.53 Å². The number of hydrogen-bond donors (Lipinski definition) is 5. The zero-order chi connectivity index (χ0) is 31.8. The molecule has 5 N–H and O–H groups in total. The van der Waals surface area contributed by atoms with E-state index in [1.54, 1.807) is 24.4 Å². The molecule has 0 saturated carbocycles. The maximum atomic E-state index is 13.8. The molecule has 0 spiro atoms. The number of nitrogens with one attached hydrogen (secondary N) is 1. The van der Waals surface area contributed by atoms with Gasteiger partial charge in [0.05, 0.1) is 37.2 Å². The minimum atomic E-state index is -1.64. The second-order valence-electron chi connectivity index (χ2n) is 11.2. The second-order valence-corrected chi connectivity index (χ2v) is 11.2. The smallest absolute Gasteiger partial charge is 0.254 e. The topological polar surface area (TPSA) is 184 Å². The third-order valence-corrected chi connectivity index (χ3v) is 8.38. The van der Waals surface area contributed by atoms with Gasteiger partial charge in [0.15, 0.2) is 6.10 Å². The fourth-order valence-corrected chi connectivity index (χ4v) is 5.90. The van der Waals surface area contributed by atoms with Crippen LogP contribution in [0.2, 0.25) is 0 Å². The fourth-order valence-electron chi connectivity index (χ4n) is 5.90. The number of halogens is 2. The van der Waals surface area contributed by atoms with Gasteiger partial charge in [0.25, 0.3) is 5.91 Å². The number of amides is 1. The summed E-state index contributed by atoms with van der Waals surface area (Å²) < 4.78 is 35.8. The highest BCUT2D eigenvalue weighted by Crippen LogP contribution is 2.33. The van der Waals surface area contributed by atoms with Gasteiger partial charge < -0.3 is 35.4 Å². The lowest BCUT2D eigenvalue weighted by atomic mass is 9.91. The van der Waals surface area contributed by atoms with Crippen LogP contribution >= 0.6 is 0 Å². The van der Waals surface area contributed by atoms with Crippen molar-refractivity contribution in [3.63, 3.8) is 0 Å². The van der Waals surface area contributed by atoms with Crippen molar-refractivity contribution in [3.8, 4) is 22.5 Å². The molecule has 14 nitrogen and oxygen atoms in total. The highest BCUT2D eigenvalue weighted by Gasteiger charge is 2.50. The molecule has 0 radical (unpaired) electrons. The minimum absolute atomic E-state index is 0.198. The van der Waals surface area contributed by atoms with Crippen molar-refractivity contribution in [2.45, 2.75) is 48.6 Å². The summed E-state index contributed by atoms with van der Waals surface area (Å²) in [4.78, 5) is 15.0. The Bertz CT molecular complexity index is 1650. The summed E-state index contributed by atoms with van der Waals surface area (Å²) in [6.45, 7) is -0.169. The maximum Gasteiger partial charge on any atom is 0.254 e.